The van der Waals surface area contributed by atoms with Crippen molar-refractivity contribution in [2.75, 3.05) is 12.4 Å². The Bertz CT molecular complexity index is 1230. The smallest absolute Gasteiger partial charge is 0.256 e. The van der Waals surface area contributed by atoms with Crippen molar-refractivity contribution in [3.8, 4) is 17.0 Å². The Morgan fingerprint density at radius 1 is 1.07 bits per heavy atom. The number of nitrogens with zero attached hydrogens (tertiary/aromatic N) is 2. The first-order valence-electron chi connectivity index (χ1n) is 8.86. The molecule has 0 spiro atoms. The summed E-state index contributed by atoms with van der Waals surface area (Å²) in [5, 5.41) is 3.69. The molecule has 0 fully saturated rings. The topological polar surface area (TPSA) is 55.6 Å². The second-order valence-corrected chi connectivity index (χ2v) is 7.34. The molecule has 4 aromatic rings. The second kappa shape index (κ2) is 7.78. The van der Waals surface area contributed by atoms with Crippen molar-refractivity contribution < 1.29 is 9.53 Å². The van der Waals surface area contributed by atoms with E-state index in [9.17, 15) is 4.79 Å². The van der Waals surface area contributed by atoms with Gasteiger partial charge < -0.3 is 10.1 Å². The summed E-state index contributed by atoms with van der Waals surface area (Å²) in [6.45, 7) is 1.98. The number of pyridine rings is 1. The van der Waals surface area contributed by atoms with Crippen molar-refractivity contribution in [2.24, 2.45) is 0 Å². The SMILES string of the molecule is COc1ccccc1-c1nc2ccc(C)cn2c1NC(=O)c1ccc(Cl)c(Cl)c1. The summed E-state index contributed by atoms with van der Waals surface area (Å²) in [6.07, 6.45) is 1.92. The molecule has 2 aromatic carbocycles. The van der Waals surface area contributed by atoms with Gasteiger partial charge in [-0.1, -0.05) is 41.4 Å². The lowest BCUT2D eigenvalue weighted by atomic mass is 10.1. The number of ether oxygens (including phenoxy) is 1. The number of amides is 1. The zero-order valence-electron chi connectivity index (χ0n) is 15.7. The van der Waals surface area contributed by atoms with E-state index in [2.05, 4.69) is 5.32 Å². The van der Waals surface area contributed by atoms with Crippen molar-refractivity contribution in [3.05, 3.63) is 82.0 Å². The Balaban J connectivity index is 1.86. The molecule has 0 unspecified atom stereocenters. The minimum atomic E-state index is -0.317. The summed E-state index contributed by atoms with van der Waals surface area (Å²) in [5.41, 5.74) is 3.53. The lowest BCUT2D eigenvalue weighted by molar-refractivity contribution is 0.102. The quantitative estimate of drug-likeness (QED) is 0.444. The van der Waals surface area contributed by atoms with Crippen LogP contribution in [0.2, 0.25) is 10.0 Å². The van der Waals surface area contributed by atoms with Gasteiger partial charge in [0.1, 0.15) is 22.9 Å². The maximum atomic E-state index is 13.0. The van der Waals surface area contributed by atoms with E-state index in [4.69, 9.17) is 32.9 Å². The van der Waals surface area contributed by atoms with Gasteiger partial charge in [0.2, 0.25) is 0 Å². The molecular weight excluding hydrogens is 409 g/mol. The van der Waals surface area contributed by atoms with E-state index in [-0.39, 0.29) is 5.91 Å². The molecule has 0 radical (unpaired) electrons. The number of methoxy groups -OCH3 is 1. The number of fused-ring (bicyclic) bond motifs is 1. The Morgan fingerprint density at radius 2 is 1.86 bits per heavy atom. The molecule has 0 saturated carbocycles. The molecule has 1 N–H and O–H groups in total. The first kappa shape index (κ1) is 19.3. The maximum absolute atomic E-state index is 13.0. The first-order chi connectivity index (χ1) is 14.0. The number of nitrogens with one attached hydrogen (secondary N) is 1. The van der Waals surface area contributed by atoms with Crippen molar-refractivity contribution in [2.45, 2.75) is 6.92 Å². The standard InChI is InChI=1S/C22H17Cl2N3O2/c1-13-7-10-19-25-20(15-5-3-4-6-18(15)29-2)21(27(19)12-13)26-22(28)14-8-9-16(23)17(24)11-14/h3-12H,1-2H3,(H,26,28). The van der Waals surface area contributed by atoms with Gasteiger partial charge in [-0.25, -0.2) is 4.98 Å². The predicted octanol–water partition coefficient (Wildman–Crippen LogP) is 5.88. The van der Waals surface area contributed by atoms with Gasteiger partial charge in [-0.15, -0.1) is 0 Å². The van der Waals surface area contributed by atoms with E-state index in [0.29, 0.717) is 38.5 Å². The lowest BCUT2D eigenvalue weighted by Crippen LogP contribution is -2.14. The van der Waals surface area contributed by atoms with Crippen LogP contribution in [0.4, 0.5) is 5.82 Å². The van der Waals surface area contributed by atoms with E-state index >= 15 is 0 Å². The largest absolute Gasteiger partial charge is 0.496 e. The van der Waals surface area contributed by atoms with Gasteiger partial charge in [0.25, 0.3) is 5.91 Å². The average Bonchev–Trinajstić information content (AvgIpc) is 3.07. The molecule has 0 bridgehead atoms. The summed E-state index contributed by atoms with van der Waals surface area (Å²) < 4.78 is 7.35. The van der Waals surface area contributed by atoms with Gasteiger partial charge in [-0.3, -0.25) is 9.20 Å². The lowest BCUT2D eigenvalue weighted by Gasteiger charge is -2.11. The number of para-hydroxylation sites is 1. The Morgan fingerprint density at radius 3 is 2.62 bits per heavy atom. The third-order valence-electron chi connectivity index (χ3n) is 4.54. The fourth-order valence-electron chi connectivity index (χ4n) is 3.12. The van der Waals surface area contributed by atoms with Crippen molar-refractivity contribution in [3.63, 3.8) is 0 Å². The number of aromatic nitrogens is 2. The molecule has 0 atom stereocenters. The molecule has 5 nitrogen and oxygen atoms in total. The van der Waals surface area contributed by atoms with Crippen LogP contribution in [0.3, 0.4) is 0 Å². The molecule has 4 rings (SSSR count). The number of aryl methyl sites for hydroxylation is 1. The van der Waals surface area contributed by atoms with Crippen LogP contribution in [0.15, 0.2) is 60.8 Å². The fraction of sp³-hybridized carbons (Fsp3) is 0.0909. The van der Waals surface area contributed by atoms with Gasteiger partial charge >= 0.3 is 0 Å². The Kier molecular flexibility index (Phi) is 5.18. The summed E-state index contributed by atoms with van der Waals surface area (Å²) in [4.78, 5) is 17.7. The predicted molar refractivity (Wildman–Crippen MR) is 116 cm³/mol. The number of halogens is 2. The number of rotatable bonds is 4. The number of carbonyl (C=O) groups excluding carboxylic acids is 1. The van der Waals surface area contributed by atoms with E-state index in [0.717, 1.165) is 11.1 Å². The molecule has 0 aliphatic heterocycles. The van der Waals surface area contributed by atoms with Gasteiger partial charge in [0.05, 0.1) is 17.2 Å². The number of anilines is 1. The van der Waals surface area contributed by atoms with Gasteiger partial charge in [0.15, 0.2) is 0 Å². The molecule has 0 aliphatic carbocycles. The fourth-order valence-corrected chi connectivity index (χ4v) is 3.41. The van der Waals surface area contributed by atoms with Crippen LogP contribution < -0.4 is 10.1 Å². The highest BCUT2D eigenvalue weighted by Gasteiger charge is 2.20. The van der Waals surface area contributed by atoms with Crippen LogP contribution in [0.25, 0.3) is 16.9 Å². The van der Waals surface area contributed by atoms with Gasteiger partial charge in [-0.2, -0.15) is 0 Å². The highest BCUT2D eigenvalue weighted by Crippen LogP contribution is 2.35. The maximum Gasteiger partial charge on any atom is 0.256 e. The average molecular weight is 426 g/mol. The molecule has 2 aromatic heterocycles. The van der Waals surface area contributed by atoms with Crippen LogP contribution >= 0.6 is 23.2 Å². The monoisotopic (exact) mass is 425 g/mol. The summed E-state index contributed by atoms with van der Waals surface area (Å²) in [5.74, 6) is 0.893. The van der Waals surface area contributed by atoms with Crippen molar-refractivity contribution >= 4 is 40.6 Å². The van der Waals surface area contributed by atoms with Crippen molar-refractivity contribution in [1.29, 1.82) is 0 Å². The molecule has 0 saturated heterocycles. The Labute approximate surface area is 177 Å². The van der Waals surface area contributed by atoms with E-state index < -0.39 is 0 Å². The minimum Gasteiger partial charge on any atom is -0.496 e. The number of hydrogen-bond donors (Lipinski definition) is 1. The van der Waals surface area contributed by atoms with Crippen LogP contribution in [0.5, 0.6) is 5.75 Å². The zero-order valence-corrected chi connectivity index (χ0v) is 17.3. The third-order valence-corrected chi connectivity index (χ3v) is 5.28. The first-order valence-corrected chi connectivity index (χ1v) is 9.62. The van der Waals surface area contributed by atoms with Crippen molar-refractivity contribution in [1.82, 2.24) is 9.38 Å². The van der Waals surface area contributed by atoms with Gasteiger partial charge in [0, 0.05) is 17.3 Å². The van der Waals surface area contributed by atoms with Gasteiger partial charge in [-0.05, 0) is 48.9 Å². The number of carbonyl (C=O) groups is 1. The molecule has 146 valence electrons. The number of imidazole rings is 1. The summed E-state index contributed by atoms with van der Waals surface area (Å²) >= 11 is 12.0. The molecule has 0 aliphatic rings. The zero-order chi connectivity index (χ0) is 20.5. The normalized spacial score (nSPS) is 10.9. The Hall–Kier alpha value is -3.02. The van der Waals surface area contributed by atoms with Crippen LogP contribution in [0.1, 0.15) is 15.9 Å². The molecule has 2 heterocycles. The number of hydrogen-bond acceptors (Lipinski definition) is 3. The summed E-state index contributed by atoms with van der Waals surface area (Å²) in [6, 6.07) is 16.2. The molecule has 1 amide bonds. The third kappa shape index (κ3) is 3.67. The van der Waals surface area contributed by atoms with E-state index in [1.165, 1.54) is 6.07 Å². The van der Waals surface area contributed by atoms with Crippen LogP contribution in [-0.4, -0.2) is 22.4 Å². The molecular formula is C22H17Cl2N3O2. The molecule has 29 heavy (non-hydrogen) atoms. The highest BCUT2D eigenvalue weighted by molar-refractivity contribution is 6.42. The van der Waals surface area contributed by atoms with Crippen LogP contribution in [0, 0.1) is 6.92 Å². The van der Waals surface area contributed by atoms with E-state index in [1.54, 1.807) is 19.2 Å². The highest BCUT2D eigenvalue weighted by atomic mass is 35.5. The molecule has 7 heteroatoms. The second-order valence-electron chi connectivity index (χ2n) is 6.53. The van der Waals surface area contributed by atoms with Crippen LogP contribution in [-0.2, 0) is 0 Å². The minimum absolute atomic E-state index is 0.317. The number of benzene rings is 2. The van der Waals surface area contributed by atoms with E-state index in [1.807, 2.05) is 53.9 Å². The summed E-state index contributed by atoms with van der Waals surface area (Å²) in [7, 11) is 1.60.